The second kappa shape index (κ2) is 5.40. The van der Waals surface area contributed by atoms with Gasteiger partial charge in [0.05, 0.1) is 31.2 Å². The van der Waals surface area contributed by atoms with Crippen LogP contribution in [0.1, 0.15) is 11.3 Å². The number of nitrogens with one attached hydrogen (secondary N) is 1. The molecule has 0 aliphatic carbocycles. The maximum absolute atomic E-state index is 9.16. The highest BCUT2D eigenvalue weighted by Gasteiger charge is 2.03. The van der Waals surface area contributed by atoms with Crippen molar-refractivity contribution in [2.45, 2.75) is 13.5 Å². The first-order chi connectivity index (χ1) is 8.69. The van der Waals surface area contributed by atoms with Gasteiger partial charge in [-0.05, 0) is 36.8 Å². The minimum Gasteiger partial charge on any atom is -0.506 e. The minimum absolute atomic E-state index is 0.173. The lowest BCUT2D eigenvalue weighted by atomic mass is 10.2. The average molecular weight is 244 g/mol. The molecule has 0 atom stereocenters. The van der Waals surface area contributed by atoms with Gasteiger partial charge in [-0.1, -0.05) is 6.07 Å². The molecule has 0 bridgehead atoms. The summed E-state index contributed by atoms with van der Waals surface area (Å²) in [5.74, 6) is 0.978. The van der Waals surface area contributed by atoms with Crippen LogP contribution in [0.25, 0.3) is 0 Å². The van der Waals surface area contributed by atoms with Crippen LogP contribution in [0.15, 0.2) is 36.5 Å². The molecule has 2 rings (SSSR count). The smallest absolute Gasteiger partial charge is 0.141 e. The zero-order valence-electron chi connectivity index (χ0n) is 10.5. The molecule has 0 aliphatic heterocycles. The summed E-state index contributed by atoms with van der Waals surface area (Å²) < 4.78 is 5.28. The van der Waals surface area contributed by atoms with Crippen molar-refractivity contribution < 1.29 is 9.84 Å². The number of hydrogen-bond acceptors (Lipinski definition) is 4. The van der Waals surface area contributed by atoms with Crippen LogP contribution in [0, 0.1) is 6.92 Å². The molecule has 0 unspecified atom stereocenters. The maximum Gasteiger partial charge on any atom is 0.141 e. The van der Waals surface area contributed by atoms with E-state index in [2.05, 4.69) is 10.3 Å². The molecule has 2 aromatic rings. The Balaban J connectivity index is 2.09. The molecule has 18 heavy (non-hydrogen) atoms. The lowest BCUT2D eigenvalue weighted by Gasteiger charge is -2.11. The number of rotatable bonds is 4. The van der Waals surface area contributed by atoms with Crippen LogP contribution < -0.4 is 10.1 Å². The van der Waals surface area contributed by atoms with Crippen LogP contribution in [-0.2, 0) is 6.54 Å². The summed E-state index contributed by atoms with van der Waals surface area (Å²) >= 11 is 0. The third kappa shape index (κ3) is 2.91. The first-order valence-electron chi connectivity index (χ1n) is 5.71. The Morgan fingerprint density at radius 3 is 2.78 bits per heavy atom. The molecule has 2 N–H and O–H groups in total. The molecular weight excluding hydrogens is 228 g/mol. The highest BCUT2D eigenvalue weighted by atomic mass is 16.5. The van der Waals surface area contributed by atoms with E-state index in [1.807, 2.05) is 25.1 Å². The molecule has 1 aromatic heterocycles. The molecule has 0 spiro atoms. The predicted molar refractivity (Wildman–Crippen MR) is 71.0 cm³/mol. The van der Waals surface area contributed by atoms with Crippen LogP contribution in [0.2, 0.25) is 0 Å². The van der Waals surface area contributed by atoms with Crippen LogP contribution in [0.3, 0.4) is 0 Å². The van der Waals surface area contributed by atoms with Gasteiger partial charge in [0.2, 0.25) is 0 Å². The van der Waals surface area contributed by atoms with Gasteiger partial charge in [-0.15, -0.1) is 0 Å². The maximum atomic E-state index is 9.16. The third-order valence-electron chi connectivity index (χ3n) is 2.62. The molecule has 1 aromatic carbocycles. The van der Waals surface area contributed by atoms with Gasteiger partial charge in [-0.3, -0.25) is 4.98 Å². The molecule has 0 amide bonds. The van der Waals surface area contributed by atoms with Gasteiger partial charge in [-0.2, -0.15) is 0 Å². The number of pyridine rings is 1. The molecule has 0 fully saturated rings. The minimum atomic E-state index is 0.173. The summed E-state index contributed by atoms with van der Waals surface area (Å²) in [6, 6.07) is 9.37. The van der Waals surface area contributed by atoms with E-state index >= 15 is 0 Å². The summed E-state index contributed by atoms with van der Waals surface area (Å²) in [5.41, 5.74) is 2.96. The van der Waals surface area contributed by atoms with Gasteiger partial charge >= 0.3 is 0 Å². The van der Waals surface area contributed by atoms with E-state index in [-0.39, 0.29) is 5.75 Å². The van der Waals surface area contributed by atoms with Crippen LogP contribution in [0.4, 0.5) is 5.69 Å². The van der Waals surface area contributed by atoms with Crippen molar-refractivity contribution in [2.75, 3.05) is 12.4 Å². The molecule has 0 aliphatic rings. The summed E-state index contributed by atoms with van der Waals surface area (Å²) in [6.45, 7) is 2.61. The zero-order chi connectivity index (χ0) is 13.0. The largest absolute Gasteiger partial charge is 0.506 e. The quantitative estimate of drug-likeness (QED) is 0.868. The van der Waals surface area contributed by atoms with Crippen molar-refractivity contribution in [1.82, 2.24) is 4.98 Å². The van der Waals surface area contributed by atoms with Gasteiger partial charge in [0, 0.05) is 0 Å². The van der Waals surface area contributed by atoms with Crippen molar-refractivity contribution >= 4 is 5.69 Å². The summed E-state index contributed by atoms with van der Waals surface area (Å²) in [4.78, 5) is 4.12. The number of methoxy groups -OCH3 is 1. The van der Waals surface area contributed by atoms with Gasteiger partial charge in [0.25, 0.3) is 0 Å². The molecule has 1 heterocycles. The fourth-order valence-electron chi connectivity index (χ4n) is 1.67. The summed E-state index contributed by atoms with van der Waals surface area (Å²) in [7, 11) is 1.65. The van der Waals surface area contributed by atoms with Crippen LogP contribution in [0.5, 0.6) is 11.5 Å². The van der Waals surface area contributed by atoms with Gasteiger partial charge in [-0.25, -0.2) is 0 Å². The van der Waals surface area contributed by atoms with Crippen LogP contribution in [-0.4, -0.2) is 17.2 Å². The van der Waals surface area contributed by atoms with Crippen molar-refractivity contribution in [3.05, 3.63) is 47.8 Å². The second-order valence-corrected chi connectivity index (χ2v) is 4.07. The average Bonchev–Trinajstić information content (AvgIpc) is 2.38. The number of benzene rings is 1. The van der Waals surface area contributed by atoms with E-state index in [0.29, 0.717) is 6.54 Å². The predicted octanol–water partition coefficient (Wildman–Crippen LogP) is 2.72. The van der Waals surface area contributed by atoms with E-state index in [9.17, 15) is 0 Å². The normalized spacial score (nSPS) is 10.1. The third-order valence-corrected chi connectivity index (χ3v) is 2.62. The Morgan fingerprint density at radius 1 is 1.28 bits per heavy atom. The number of aromatic nitrogens is 1. The topological polar surface area (TPSA) is 54.4 Å². The monoisotopic (exact) mass is 244 g/mol. The van der Waals surface area contributed by atoms with E-state index in [0.717, 1.165) is 22.7 Å². The lowest BCUT2D eigenvalue weighted by Crippen LogP contribution is -2.03. The van der Waals surface area contributed by atoms with Gasteiger partial charge in [0.15, 0.2) is 0 Å². The van der Waals surface area contributed by atoms with Crippen LogP contribution >= 0.6 is 0 Å². The molecule has 0 saturated heterocycles. The van der Waals surface area contributed by atoms with Crippen molar-refractivity contribution in [1.29, 1.82) is 0 Å². The first-order valence-corrected chi connectivity index (χ1v) is 5.71. The Kier molecular flexibility index (Phi) is 3.67. The summed E-state index contributed by atoms with van der Waals surface area (Å²) in [5, 5.41) is 12.4. The Hall–Kier alpha value is -2.23. The fraction of sp³-hybridized carbons (Fsp3) is 0.214. The molecular formula is C14H16N2O2. The first kappa shape index (κ1) is 12.2. The van der Waals surface area contributed by atoms with E-state index in [4.69, 9.17) is 9.84 Å². The standard InChI is InChI=1S/C14H16N2O2/c1-10-3-6-14(18-2)13(7-10)16-8-11-4-5-12(17)9-15-11/h3-7,9,16-17H,8H2,1-2H3. The fourth-order valence-corrected chi connectivity index (χ4v) is 1.67. The number of nitrogens with zero attached hydrogens (tertiary/aromatic N) is 1. The number of aryl methyl sites for hydroxylation is 1. The number of anilines is 1. The molecule has 0 saturated carbocycles. The SMILES string of the molecule is COc1ccc(C)cc1NCc1ccc(O)cn1. The number of hydrogen-bond donors (Lipinski definition) is 2. The van der Waals surface area contributed by atoms with Crippen molar-refractivity contribution in [2.24, 2.45) is 0 Å². The Morgan fingerprint density at radius 2 is 2.11 bits per heavy atom. The summed E-state index contributed by atoms with van der Waals surface area (Å²) in [6.07, 6.45) is 1.44. The molecule has 0 radical (unpaired) electrons. The highest BCUT2D eigenvalue weighted by molar-refractivity contribution is 5.58. The van der Waals surface area contributed by atoms with Crippen molar-refractivity contribution in [3.63, 3.8) is 0 Å². The van der Waals surface area contributed by atoms with E-state index in [1.165, 1.54) is 6.20 Å². The lowest BCUT2D eigenvalue weighted by molar-refractivity contribution is 0.416. The number of ether oxygens (including phenoxy) is 1. The molecule has 4 heteroatoms. The van der Waals surface area contributed by atoms with E-state index in [1.54, 1.807) is 19.2 Å². The molecule has 4 nitrogen and oxygen atoms in total. The van der Waals surface area contributed by atoms with Gasteiger partial charge in [0.1, 0.15) is 11.5 Å². The Bertz CT molecular complexity index is 524. The zero-order valence-corrected chi connectivity index (χ0v) is 10.5. The highest BCUT2D eigenvalue weighted by Crippen LogP contribution is 2.25. The molecule has 94 valence electrons. The van der Waals surface area contributed by atoms with Crippen molar-refractivity contribution in [3.8, 4) is 11.5 Å². The van der Waals surface area contributed by atoms with Gasteiger partial charge < -0.3 is 15.2 Å². The second-order valence-electron chi connectivity index (χ2n) is 4.07. The number of aromatic hydroxyl groups is 1. The Labute approximate surface area is 106 Å². The van der Waals surface area contributed by atoms with E-state index < -0.39 is 0 Å².